The Morgan fingerprint density at radius 3 is 2.56 bits per heavy atom. The first-order valence-electron chi connectivity index (χ1n) is 5.63. The van der Waals surface area contributed by atoms with Gasteiger partial charge in [-0.2, -0.15) is 0 Å². The van der Waals surface area contributed by atoms with Gasteiger partial charge in [-0.1, -0.05) is 31.5 Å². The van der Waals surface area contributed by atoms with Crippen LogP contribution in [-0.2, 0) is 6.42 Å². The molecule has 16 heavy (non-hydrogen) atoms. The highest BCUT2D eigenvalue weighted by molar-refractivity contribution is 6.31. The van der Waals surface area contributed by atoms with E-state index in [1.165, 1.54) is 6.07 Å². The van der Waals surface area contributed by atoms with E-state index in [2.05, 4.69) is 19.2 Å². The van der Waals surface area contributed by atoms with E-state index < -0.39 is 0 Å². The molecule has 0 heterocycles. The van der Waals surface area contributed by atoms with Crippen molar-refractivity contribution in [3.63, 3.8) is 0 Å². The first kappa shape index (κ1) is 13.5. The molecule has 1 aromatic rings. The van der Waals surface area contributed by atoms with Crippen LogP contribution >= 0.6 is 11.6 Å². The van der Waals surface area contributed by atoms with Gasteiger partial charge in [0.1, 0.15) is 5.82 Å². The molecule has 0 aliphatic rings. The van der Waals surface area contributed by atoms with Gasteiger partial charge in [0.2, 0.25) is 0 Å². The van der Waals surface area contributed by atoms with Crippen LogP contribution in [0.4, 0.5) is 4.39 Å². The van der Waals surface area contributed by atoms with Gasteiger partial charge in [0.25, 0.3) is 0 Å². The maximum absolute atomic E-state index is 13.6. The van der Waals surface area contributed by atoms with Crippen molar-refractivity contribution in [2.75, 3.05) is 13.6 Å². The number of hydrogen-bond acceptors (Lipinski definition) is 1. The predicted octanol–water partition coefficient (Wildman–Crippen LogP) is 3.51. The van der Waals surface area contributed by atoms with Crippen molar-refractivity contribution in [3.05, 3.63) is 34.6 Å². The average Bonchev–Trinajstić information content (AvgIpc) is 2.23. The van der Waals surface area contributed by atoms with Crippen molar-refractivity contribution in [2.24, 2.45) is 11.8 Å². The van der Waals surface area contributed by atoms with Crippen LogP contribution in [-0.4, -0.2) is 13.6 Å². The van der Waals surface area contributed by atoms with Gasteiger partial charge in [-0.25, -0.2) is 4.39 Å². The molecule has 3 heteroatoms. The normalized spacial score (nSPS) is 14.8. The predicted molar refractivity (Wildman–Crippen MR) is 67.4 cm³/mol. The first-order valence-corrected chi connectivity index (χ1v) is 6.01. The second-order valence-corrected chi connectivity index (χ2v) is 4.82. The quantitative estimate of drug-likeness (QED) is 0.835. The van der Waals surface area contributed by atoms with Gasteiger partial charge in [0.15, 0.2) is 0 Å². The van der Waals surface area contributed by atoms with Gasteiger partial charge in [-0.3, -0.25) is 0 Å². The molecule has 0 aliphatic heterocycles. The second-order valence-electron chi connectivity index (χ2n) is 4.42. The molecule has 0 aromatic heterocycles. The van der Waals surface area contributed by atoms with Crippen LogP contribution in [0, 0.1) is 17.7 Å². The van der Waals surface area contributed by atoms with Gasteiger partial charge >= 0.3 is 0 Å². The molecule has 0 radical (unpaired) electrons. The maximum atomic E-state index is 13.6. The average molecular weight is 244 g/mol. The fraction of sp³-hybridized carbons (Fsp3) is 0.538. The van der Waals surface area contributed by atoms with E-state index in [-0.39, 0.29) is 5.82 Å². The van der Waals surface area contributed by atoms with Crippen LogP contribution in [0.2, 0.25) is 5.02 Å². The smallest absolute Gasteiger partial charge is 0.127 e. The molecule has 1 nitrogen and oxygen atoms in total. The summed E-state index contributed by atoms with van der Waals surface area (Å²) in [6.45, 7) is 5.23. The van der Waals surface area contributed by atoms with Crippen LogP contribution in [0.3, 0.4) is 0 Å². The van der Waals surface area contributed by atoms with E-state index in [0.29, 0.717) is 28.8 Å². The van der Waals surface area contributed by atoms with E-state index >= 15 is 0 Å². The standard InChI is InChI=1S/C13H19ClFN/c1-9(10(2)8-16-3)7-11-12(14)5-4-6-13(11)15/h4-6,9-10,16H,7-8H2,1-3H3. The minimum absolute atomic E-state index is 0.198. The molecule has 1 rings (SSSR count). The third kappa shape index (κ3) is 3.46. The number of rotatable bonds is 5. The lowest BCUT2D eigenvalue weighted by molar-refractivity contribution is 0.370. The number of hydrogen-bond donors (Lipinski definition) is 1. The zero-order valence-electron chi connectivity index (χ0n) is 10.1. The molecule has 0 saturated carbocycles. The number of halogens is 2. The second kappa shape index (κ2) is 6.21. The van der Waals surface area contributed by atoms with Gasteiger partial charge in [0, 0.05) is 10.6 Å². The Labute approximate surface area is 102 Å². The first-order chi connectivity index (χ1) is 7.56. The Balaban J connectivity index is 2.72. The Morgan fingerprint density at radius 2 is 2.00 bits per heavy atom. The third-order valence-corrected chi connectivity index (χ3v) is 3.44. The maximum Gasteiger partial charge on any atom is 0.127 e. The van der Waals surface area contributed by atoms with Gasteiger partial charge in [-0.15, -0.1) is 0 Å². The zero-order valence-corrected chi connectivity index (χ0v) is 10.8. The van der Waals surface area contributed by atoms with Gasteiger partial charge in [-0.05, 0) is 44.0 Å². The van der Waals surface area contributed by atoms with Crippen LogP contribution < -0.4 is 5.32 Å². The Bertz CT molecular complexity index is 320. The Hall–Kier alpha value is -0.600. The monoisotopic (exact) mass is 243 g/mol. The summed E-state index contributed by atoms with van der Waals surface area (Å²) in [5.74, 6) is 0.707. The molecule has 0 spiro atoms. The Morgan fingerprint density at radius 1 is 1.31 bits per heavy atom. The molecule has 0 aliphatic carbocycles. The van der Waals surface area contributed by atoms with Crippen LogP contribution in [0.15, 0.2) is 18.2 Å². The van der Waals surface area contributed by atoms with E-state index in [1.807, 2.05) is 7.05 Å². The molecule has 0 bridgehead atoms. The lowest BCUT2D eigenvalue weighted by Gasteiger charge is -2.20. The minimum atomic E-state index is -0.198. The molecule has 1 aromatic carbocycles. The van der Waals surface area contributed by atoms with Crippen molar-refractivity contribution in [1.29, 1.82) is 0 Å². The molecule has 0 amide bonds. The highest BCUT2D eigenvalue weighted by atomic mass is 35.5. The van der Waals surface area contributed by atoms with Crippen LogP contribution in [0.25, 0.3) is 0 Å². The SMILES string of the molecule is CNCC(C)C(C)Cc1c(F)cccc1Cl. The Kier molecular flexibility index (Phi) is 5.23. The summed E-state index contributed by atoms with van der Waals surface area (Å²) in [5.41, 5.74) is 0.639. The van der Waals surface area contributed by atoms with Gasteiger partial charge in [0.05, 0.1) is 0 Å². The molecule has 0 saturated heterocycles. The van der Waals surface area contributed by atoms with Crippen LogP contribution in [0.1, 0.15) is 19.4 Å². The zero-order chi connectivity index (χ0) is 12.1. The molecule has 2 atom stereocenters. The van der Waals surface area contributed by atoms with E-state index in [4.69, 9.17) is 11.6 Å². The number of benzene rings is 1. The lowest BCUT2D eigenvalue weighted by Crippen LogP contribution is -2.23. The highest BCUT2D eigenvalue weighted by Crippen LogP contribution is 2.24. The summed E-state index contributed by atoms with van der Waals surface area (Å²) in [6.07, 6.45) is 0.689. The van der Waals surface area contributed by atoms with Crippen molar-refractivity contribution < 1.29 is 4.39 Å². The summed E-state index contributed by atoms with van der Waals surface area (Å²) >= 11 is 6.00. The van der Waals surface area contributed by atoms with Crippen molar-refractivity contribution >= 4 is 11.6 Å². The summed E-state index contributed by atoms with van der Waals surface area (Å²) in [6, 6.07) is 4.86. The molecule has 0 fully saturated rings. The molecular formula is C13H19ClFN. The highest BCUT2D eigenvalue weighted by Gasteiger charge is 2.16. The fourth-order valence-corrected chi connectivity index (χ4v) is 2.01. The van der Waals surface area contributed by atoms with E-state index in [1.54, 1.807) is 12.1 Å². The molecule has 1 N–H and O–H groups in total. The lowest BCUT2D eigenvalue weighted by atomic mass is 9.89. The van der Waals surface area contributed by atoms with Gasteiger partial charge < -0.3 is 5.32 Å². The summed E-state index contributed by atoms with van der Waals surface area (Å²) < 4.78 is 13.6. The van der Waals surface area contributed by atoms with Crippen molar-refractivity contribution in [2.45, 2.75) is 20.3 Å². The van der Waals surface area contributed by atoms with E-state index in [0.717, 1.165) is 6.54 Å². The third-order valence-electron chi connectivity index (χ3n) is 3.09. The van der Waals surface area contributed by atoms with Crippen molar-refractivity contribution in [3.8, 4) is 0 Å². The van der Waals surface area contributed by atoms with Crippen molar-refractivity contribution in [1.82, 2.24) is 5.32 Å². The topological polar surface area (TPSA) is 12.0 Å². The summed E-state index contributed by atoms with van der Waals surface area (Å²) in [4.78, 5) is 0. The molecule has 2 unspecified atom stereocenters. The summed E-state index contributed by atoms with van der Waals surface area (Å²) in [5, 5.41) is 3.67. The fourth-order valence-electron chi connectivity index (χ4n) is 1.77. The summed E-state index contributed by atoms with van der Waals surface area (Å²) in [7, 11) is 1.93. The van der Waals surface area contributed by atoms with Crippen LogP contribution in [0.5, 0.6) is 0 Å². The van der Waals surface area contributed by atoms with E-state index in [9.17, 15) is 4.39 Å². The molecule has 90 valence electrons. The molecular weight excluding hydrogens is 225 g/mol. The number of nitrogens with one attached hydrogen (secondary N) is 1. The largest absolute Gasteiger partial charge is 0.319 e. The minimum Gasteiger partial charge on any atom is -0.319 e.